The number of anilines is 3. The van der Waals surface area contributed by atoms with Crippen LogP contribution in [0.2, 0.25) is 0 Å². The zero-order valence-corrected chi connectivity index (χ0v) is 22.4. The molecule has 5 rings (SSSR count). The van der Waals surface area contributed by atoms with Crippen molar-refractivity contribution in [2.75, 3.05) is 43.9 Å². The second kappa shape index (κ2) is 11.7. The maximum absolute atomic E-state index is 13.0. The number of carbonyl (C=O) groups excluding carboxylic acids is 1. The number of rotatable bonds is 8. The first-order chi connectivity index (χ1) is 18.9. The normalized spacial score (nSPS) is 14.6. The third-order valence-corrected chi connectivity index (χ3v) is 8.45. The van der Waals surface area contributed by atoms with E-state index in [1.165, 1.54) is 4.31 Å². The van der Waals surface area contributed by atoms with Crippen molar-refractivity contribution in [3.8, 4) is 11.3 Å². The molecule has 1 amide bonds. The van der Waals surface area contributed by atoms with Crippen LogP contribution in [0.15, 0.2) is 96.0 Å². The fraction of sp³-hybridized carbons (Fsp3) is 0.207. The molecule has 0 spiro atoms. The van der Waals surface area contributed by atoms with Gasteiger partial charge in [-0.05, 0) is 55.1 Å². The summed E-state index contributed by atoms with van der Waals surface area (Å²) in [7, 11) is -1.53. The predicted octanol–water partition coefficient (Wildman–Crippen LogP) is 4.00. The molecule has 0 aliphatic carbocycles. The molecular formula is C29H30N6O3S. The molecule has 2 N–H and O–H groups in total. The van der Waals surface area contributed by atoms with Crippen LogP contribution >= 0.6 is 0 Å². The average Bonchev–Trinajstić information content (AvgIpc) is 2.95. The van der Waals surface area contributed by atoms with Gasteiger partial charge in [-0.15, -0.1) is 0 Å². The lowest BCUT2D eigenvalue weighted by Gasteiger charge is -2.31. The molecule has 1 aliphatic heterocycles. The fourth-order valence-corrected chi connectivity index (χ4v) is 5.73. The minimum absolute atomic E-state index is 0.0789. The Kier molecular flexibility index (Phi) is 7.97. The lowest BCUT2D eigenvalue weighted by molar-refractivity contribution is -0.115. The number of benzene rings is 3. The van der Waals surface area contributed by atoms with E-state index >= 15 is 0 Å². The zero-order chi connectivity index (χ0) is 27.2. The fourth-order valence-electron chi connectivity index (χ4n) is 4.31. The highest BCUT2D eigenvalue weighted by Crippen LogP contribution is 2.23. The molecule has 0 atom stereocenters. The van der Waals surface area contributed by atoms with Crippen LogP contribution in [0.25, 0.3) is 11.3 Å². The van der Waals surface area contributed by atoms with Crippen LogP contribution in [0.1, 0.15) is 5.56 Å². The van der Waals surface area contributed by atoms with E-state index in [1.807, 2.05) is 61.6 Å². The Bertz CT molecular complexity index is 1520. The Balaban J connectivity index is 1.21. The van der Waals surface area contributed by atoms with Crippen LogP contribution in [0.5, 0.6) is 0 Å². The predicted molar refractivity (Wildman–Crippen MR) is 152 cm³/mol. The molecule has 3 aromatic carbocycles. The molecule has 0 unspecified atom stereocenters. The van der Waals surface area contributed by atoms with Crippen molar-refractivity contribution >= 4 is 33.3 Å². The zero-order valence-electron chi connectivity index (χ0n) is 21.6. The van der Waals surface area contributed by atoms with E-state index in [0.29, 0.717) is 42.5 Å². The maximum atomic E-state index is 13.0. The van der Waals surface area contributed by atoms with Gasteiger partial charge in [-0.25, -0.2) is 18.4 Å². The van der Waals surface area contributed by atoms with Gasteiger partial charge in [0.05, 0.1) is 17.0 Å². The number of piperazine rings is 1. The molecule has 1 fully saturated rings. The average molecular weight is 543 g/mol. The van der Waals surface area contributed by atoms with Gasteiger partial charge in [-0.2, -0.15) is 4.31 Å². The number of carbonyl (C=O) groups is 1. The SMILES string of the molecule is CN1CCN(S(=O)(=O)c2ccc(Nc3nccc(-c4ccc(NC(=O)Cc5ccccc5)cc4)n3)cc2)CC1. The molecule has 200 valence electrons. The number of sulfonamides is 1. The summed E-state index contributed by atoms with van der Waals surface area (Å²) in [4.78, 5) is 23.6. The summed E-state index contributed by atoms with van der Waals surface area (Å²) >= 11 is 0. The summed E-state index contributed by atoms with van der Waals surface area (Å²) in [6, 6.07) is 25.5. The molecule has 0 saturated carbocycles. The van der Waals surface area contributed by atoms with Crippen molar-refractivity contribution in [1.82, 2.24) is 19.2 Å². The van der Waals surface area contributed by atoms with Crippen LogP contribution in [-0.4, -0.2) is 66.7 Å². The molecule has 1 aliphatic rings. The summed E-state index contributed by atoms with van der Waals surface area (Å²) in [5.41, 5.74) is 3.93. The number of nitrogens with zero attached hydrogens (tertiary/aromatic N) is 4. The second-order valence-electron chi connectivity index (χ2n) is 9.41. The Morgan fingerprint density at radius 3 is 2.21 bits per heavy atom. The van der Waals surface area contributed by atoms with Crippen molar-refractivity contribution in [1.29, 1.82) is 0 Å². The van der Waals surface area contributed by atoms with Gasteiger partial charge in [-0.3, -0.25) is 4.79 Å². The number of nitrogens with one attached hydrogen (secondary N) is 2. The van der Waals surface area contributed by atoms with Crippen molar-refractivity contribution in [2.45, 2.75) is 11.3 Å². The topological polar surface area (TPSA) is 108 Å². The van der Waals surface area contributed by atoms with Crippen molar-refractivity contribution in [2.24, 2.45) is 0 Å². The highest BCUT2D eigenvalue weighted by Gasteiger charge is 2.27. The van der Waals surface area contributed by atoms with E-state index in [0.717, 1.165) is 24.2 Å². The molecule has 2 heterocycles. The van der Waals surface area contributed by atoms with E-state index < -0.39 is 10.0 Å². The third kappa shape index (κ3) is 6.66. The monoisotopic (exact) mass is 542 g/mol. The summed E-state index contributed by atoms with van der Waals surface area (Å²) in [5.74, 6) is 0.312. The maximum Gasteiger partial charge on any atom is 0.243 e. The number of aromatic nitrogens is 2. The van der Waals surface area contributed by atoms with E-state index in [4.69, 9.17) is 0 Å². The summed E-state index contributed by atoms with van der Waals surface area (Å²) in [6.45, 7) is 2.41. The Morgan fingerprint density at radius 2 is 1.51 bits per heavy atom. The van der Waals surface area contributed by atoms with Gasteiger partial charge in [0, 0.05) is 49.3 Å². The van der Waals surface area contributed by atoms with E-state index in [9.17, 15) is 13.2 Å². The van der Waals surface area contributed by atoms with Crippen LogP contribution in [0, 0.1) is 0 Å². The molecule has 9 nitrogen and oxygen atoms in total. The van der Waals surface area contributed by atoms with Crippen LogP contribution < -0.4 is 10.6 Å². The first kappa shape index (κ1) is 26.5. The molecule has 39 heavy (non-hydrogen) atoms. The quantitative estimate of drug-likeness (QED) is 0.347. The van der Waals surface area contributed by atoms with Gasteiger partial charge in [0.15, 0.2) is 0 Å². The van der Waals surface area contributed by atoms with E-state index in [-0.39, 0.29) is 10.8 Å². The van der Waals surface area contributed by atoms with Gasteiger partial charge >= 0.3 is 0 Å². The summed E-state index contributed by atoms with van der Waals surface area (Å²) < 4.78 is 27.5. The largest absolute Gasteiger partial charge is 0.326 e. The van der Waals surface area contributed by atoms with Crippen molar-refractivity contribution < 1.29 is 13.2 Å². The minimum atomic E-state index is -3.52. The first-order valence-corrected chi connectivity index (χ1v) is 14.1. The van der Waals surface area contributed by atoms with E-state index in [1.54, 1.807) is 36.5 Å². The summed E-state index contributed by atoms with van der Waals surface area (Å²) in [5, 5.41) is 6.06. The number of amides is 1. The highest BCUT2D eigenvalue weighted by atomic mass is 32.2. The first-order valence-electron chi connectivity index (χ1n) is 12.7. The molecule has 0 radical (unpaired) electrons. The van der Waals surface area contributed by atoms with Gasteiger partial charge in [-0.1, -0.05) is 42.5 Å². The van der Waals surface area contributed by atoms with Crippen molar-refractivity contribution in [3.63, 3.8) is 0 Å². The molecular weight excluding hydrogens is 512 g/mol. The van der Waals surface area contributed by atoms with Crippen molar-refractivity contribution in [3.05, 3.63) is 96.7 Å². The second-order valence-corrected chi connectivity index (χ2v) is 11.3. The molecule has 0 bridgehead atoms. The van der Waals surface area contributed by atoms with E-state index in [2.05, 4.69) is 25.5 Å². The van der Waals surface area contributed by atoms with Gasteiger partial charge in [0.25, 0.3) is 0 Å². The molecule has 1 aromatic heterocycles. The third-order valence-electron chi connectivity index (χ3n) is 6.54. The summed E-state index contributed by atoms with van der Waals surface area (Å²) in [6.07, 6.45) is 1.97. The highest BCUT2D eigenvalue weighted by molar-refractivity contribution is 7.89. The minimum Gasteiger partial charge on any atom is -0.326 e. The van der Waals surface area contributed by atoms with Gasteiger partial charge in [0.2, 0.25) is 21.9 Å². The molecule has 10 heteroatoms. The Labute approximate surface area is 228 Å². The number of hydrogen-bond donors (Lipinski definition) is 2. The lowest BCUT2D eigenvalue weighted by atomic mass is 10.1. The van der Waals surface area contributed by atoms with Crippen LogP contribution in [0.4, 0.5) is 17.3 Å². The Hall–Kier alpha value is -4.12. The number of likely N-dealkylation sites (N-methyl/N-ethyl adjacent to an activating group) is 1. The number of hydrogen-bond acceptors (Lipinski definition) is 7. The smallest absolute Gasteiger partial charge is 0.243 e. The molecule has 4 aromatic rings. The Morgan fingerprint density at radius 1 is 0.846 bits per heavy atom. The van der Waals surface area contributed by atoms with Crippen LogP contribution in [-0.2, 0) is 21.2 Å². The lowest BCUT2D eigenvalue weighted by Crippen LogP contribution is -2.46. The van der Waals surface area contributed by atoms with Gasteiger partial charge in [0.1, 0.15) is 0 Å². The van der Waals surface area contributed by atoms with Gasteiger partial charge < -0.3 is 15.5 Å². The van der Waals surface area contributed by atoms with Crippen LogP contribution in [0.3, 0.4) is 0 Å². The molecule has 1 saturated heterocycles. The standard InChI is InChI=1S/C29H30N6O3S/c1-34-17-19-35(20-18-34)39(37,38)26-13-11-25(12-14-26)32-29-30-16-15-27(33-29)23-7-9-24(10-8-23)31-28(36)21-22-5-3-2-4-6-22/h2-16H,17-21H2,1H3,(H,31,36)(H,30,32,33).